The first-order valence-corrected chi connectivity index (χ1v) is 12.0. The van der Waals surface area contributed by atoms with Crippen molar-refractivity contribution in [1.29, 1.82) is 0 Å². The van der Waals surface area contributed by atoms with Crippen molar-refractivity contribution in [2.75, 3.05) is 34.7 Å². The largest absolute Gasteiger partial charge is 0.354 e. The maximum absolute atomic E-state index is 14.5. The van der Waals surface area contributed by atoms with E-state index in [1.807, 2.05) is 24.3 Å². The Hall–Kier alpha value is -3.01. The molecule has 3 aromatic rings. The van der Waals surface area contributed by atoms with Crippen LogP contribution in [0.5, 0.6) is 0 Å². The molecule has 33 heavy (non-hydrogen) atoms. The molecule has 1 amide bonds. The van der Waals surface area contributed by atoms with E-state index in [9.17, 15) is 17.6 Å². The summed E-state index contributed by atoms with van der Waals surface area (Å²) in [5.74, 6) is -0.584. The van der Waals surface area contributed by atoms with Gasteiger partial charge in [0.2, 0.25) is 10.0 Å². The molecule has 1 aromatic heterocycles. The molecule has 1 heterocycles. The first kappa shape index (κ1) is 24.6. The topological polar surface area (TPSA) is 90.3 Å². The van der Waals surface area contributed by atoms with E-state index in [0.717, 1.165) is 26.3 Å². The van der Waals surface area contributed by atoms with Gasteiger partial charge in [-0.2, -0.15) is 0 Å². The van der Waals surface area contributed by atoms with Crippen LogP contribution in [0.1, 0.15) is 21.6 Å². The molecule has 3 N–H and O–H groups in total. The molecule has 9 heteroatoms. The van der Waals surface area contributed by atoms with E-state index in [2.05, 4.69) is 5.73 Å². The van der Waals surface area contributed by atoms with E-state index in [4.69, 9.17) is 0 Å². The molecule has 7 nitrogen and oxygen atoms in total. The Labute approximate surface area is 193 Å². The predicted octanol–water partition coefficient (Wildman–Crippen LogP) is 2.28. The molecule has 3 rings (SSSR count). The minimum absolute atomic E-state index is 0.0645. The second-order valence-electron chi connectivity index (χ2n) is 8.18. The lowest BCUT2D eigenvalue weighted by Gasteiger charge is -2.16. The van der Waals surface area contributed by atoms with Crippen LogP contribution < -0.4 is 5.73 Å². The number of sulfonamides is 1. The van der Waals surface area contributed by atoms with Crippen LogP contribution in [0.15, 0.2) is 65.3 Å². The fraction of sp³-hybridized carbons (Fsp3) is 0.292. The Morgan fingerprint density at radius 1 is 1.06 bits per heavy atom. The van der Waals surface area contributed by atoms with Gasteiger partial charge in [0, 0.05) is 51.6 Å². The average Bonchev–Trinajstić information content (AvgIpc) is 3.06. The summed E-state index contributed by atoms with van der Waals surface area (Å²) in [6, 6.07) is 14.1. The quantitative estimate of drug-likeness (QED) is 0.544. The second kappa shape index (κ2) is 9.86. The summed E-state index contributed by atoms with van der Waals surface area (Å²) in [6.45, 7) is 0.252. The lowest BCUT2D eigenvalue weighted by atomic mass is 10.0. The number of fused-ring (bicyclic) bond motifs is 1. The number of amides is 1. The van der Waals surface area contributed by atoms with E-state index in [1.54, 1.807) is 42.9 Å². The number of rotatable bonds is 8. The molecule has 0 fully saturated rings. The zero-order chi connectivity index (χ0) is 24.3. The zero-order valence-electron chi connectivity index (χ0n) is 19.4. The molecule has 2 aromatic carbocycles. The van der Waals surface area contributed by atoms with Crippen LogP contribution in [0, 0.1) is 0 Å². The van der Waals surface area contributed by atoms with Crippen LogP contribution in [0.25, 0.3) is 10.9 Å². The third-order valence-corrected chi connectivity index (χ3v) is 7.27. The van der Waals surface area contributed by atoms with Crippen LogP contribution >= 0.6 is 0 Å². The third kappa shape index (κ3) is 5.00. The average molecular weight is 474 g/mol. The van der Waals surface area contributed by atoms with Crippen molar-refractivity contribution in [1.82, 2.24) is 13.8 Å². The molecule has 0 bridgehead atoms. The summed E-state index contributed by atoms with van der Waals surface area (Å²) < 4.78 is 42.2. The Bertz CT molecular complexity index is 1290. The van der Waals surface area contributed by atoms with E-state index in [1.165, 1.54) is 25.1 Å². The highest BCUT2D eigenvalue weighted by Crippen LogP contribution is 2.30. The molecular weight excluding hydrogens is 443 g/mol. The molecule has 0 spiro atoms. The first-order valence-electron chi connectivity index (χ1n) is 10.5. The highest BCUT2D eigenvalue weighted by molar-refractivity contribution is 7.89. The molecular formula is C24H30FN4O3S+. The number of hydrogen-bond donors (Lipinski definition) is 1. The molecule has 0 saturated heterocycles. The molecule has 0 atom stereocenters. The van der Waals surface area contributed by atoms with E-state index in [-0.39, 0.29) is 23.2 Å². The van der Waals surface area contributed by atoms with Gasteiger partial charge in [-0.15, -0.1) is 0 Å². The monoisotopic (exact) mass is 473 g/mol. The number of benzene rings is 2. The minimum Gasteiger partial charge on any atom is -0.354 e. The van der Waals surface area contributed by atoms with Crippen molar-refractivity contribution < 1.29 is 23.3 Å². The van der Waals surface area contributed by atoms with Gasteiger partial charge >= 0.3 is 0 Å². The molecule has 176 valence electrons. The summed E-state index contributed by atoms with van der Waals surface area (Å²) in [7, 11) is 2.77. The Kier molecular flexibility index (Phi) is 7.36. The SMILES string of the molecule is CN(C)C(=O)c1c(Cc2ccc(S(=O)(=O)N(C)C)cc2)c2ccccc2n1C/C(F)=C/C[NH3+]. The number of para-hydroxylation sites is 1. The molecule has 0 unspecified atom stereocenters. The number of carbonyl (C=O) groups is 1. The van der Waals surface area contributed by atoms with Gasteiger partial charge in [-0.25, -0.2) is 17.1 Å². The van der Waals surface area contributed by atoms with E-state index < -0.39 is 10.0 Å². The van der Waals surface area contributed by atoms with Gasteiger partial charge in [0.25, 0.3) is 5.91 Å². The molecule has 0 aliphatic rings. The summed E-state index contributed by atoms with van der Waals surface area (Å²) in [5, 5.41) is 0.857. The molecule has 0 radical (unpaired) electrons. The Morgan fingerprint density at radius 2 is 1.70 bits per heavy atom. The van der Waals surface area contributed by atoms with Gasteiger partial charge < -0.3 is 15.2 Å². The molecule has 0 aliphatic heterocycles. The highest BCUT2D eigenvalue weighted by Gasteiger charge is 2.25. The number of carbonyl (C=O) groups excluding carboxylic acids is 1. The summed E-state index contributed by atoms with van der Waals surface area (Å²) >= 11 is 0. The fourth-order valence-corrected chi connectivity index (χ4v) is 4.64. The lowest BCUT2D eigenvalue weighted by Crippen LogP contribution is -2.49. The lowest BCUT2D eigenvalue weighted by molar-refractivity contribution is -0.353. The van der Waals surface area contributed by atoms with Gasteiger partial charge in [-0.1, -0.05) is 30.3 Å². The standard InChI is InChI=1S/C24H29FN4O3S/c1-27(2)24(30)23-21(15-17-9-11-19(12-10-17)33(31,32)28(3)4)20-7-5-6-8-22(20)29(23)16-18(25)13-14-26/h5-13H,14-16,26H2,1-4H3/p+1/b18-13-. The van der Waals surface area contributed by atoms with Crippen LogP contribution in [-0.2, 0) is 23.0 Å². The van der Waals surface area contributed by atoms with Crippen LogP contribution in [0.3, 0.4) is 0 Å². The smallest absolute Gasteiger partial charge is 0.270 e. The fourth-order valence-electron chi connectivity index (χ4n) is 3.74. The molecule has 0 aliphatic carbocycles. The molecule has 0 saturated carbocycles. The maximum Gasteiger partial charge on any atom is 0.270 e. The van der Waals surface area contributed by atoms with Crippen molar-refractivity contribution in [3.8, 4) is 0 Å². The minimum atomic E-state index is -3.53. The van der Waals surface area contributed by atoms with Crippen molar-refractivity contribution >= 4 is 26.8 Å². The number of aromatic nitrogens is 1. The summed E-state index contributed by atoms with van der Waals surface area (Å²) in [5.41, 5.74) is 6.46. The predicted molar refractivity (Wildman–Crippen MR) is 127 cm³/mol. The Morgan fingerprint density at radius 3 is 2.27 bits per heavy atom. The number of nitrogens with zero attached hydrogens (tertiary/aromatic N) is 3. The zero-order valence-corrected chi connectivity index (χ0v) is 20.2. The van der Waals surface area contributed by atoms with Crippen molar-refractivity contribution in [3.63, 3.8) is 0 Å². The summed E-state index contributed by atoms with van der Waals surface area (Å²) in [4.78, 5) is 14.9. The van der Waals surface area contributed by atoms with Gasteiger partial charge in [0.1, 0.15) is 11.5 Å². The number of quaternary nitrogens is 1. The second-order valence-corrected chi connectivity index (χ2v) is 10.3. The van der Waals surface area contributed by atoms with Gasteiger partial charge in [0.15, 0.2) is 0 Å². The number of halogens is 1. The summed E-state index contributed by atoms with van der Waals surface area (Å²) in [6.07, 6.45) is 1.80. The third-order valence-electron chi connectivity index (χ3n) is 5.44. The normalized spacial score (nSPS) is 12.5. The highest BCUT2D eigenvalue weighted by atomic mass is 32.2. The first-order chi connectivity index (χ1) is 15.6. The van der Waals surface area contributed by atoms with Crippen molar-refractivity contribution in [2.24, 2.45) is 0 Å². The van der Waals surface area contributed by atoms with E-state index in [0.29, 0.717) is 18.7 Å². The van der Waals surface area contributed by atoms with Gasteiger partial charge in [-0.05, 0) is 29.3 Å². The Balaban J connectivity index is 2.15. The van der Waals surface area contributed by atoms with Crippen LogP contribution in [-0.4, -0.2) is 62.8 Å². The maximum atomic E-state index is 14.5. The van der Waals surface area contributed by atoms with E-state index >= 15 is 0 Å². The van der Waals surface area contributed by atoms with Crippen LogP contribution in [0.2, 0.25) is 0 Å². The van der Waals surface area contributed by atoms with Gasteiger partial charge in [0.05, 0.1) is 18.0 Å². The van der Waals surface area contributed by atoms with Gasteiger partial charge in [-0.3, -0.25) is 4.79 Å². The number of hydrogen-bond acceptors (Lipinski definition) is 3. The van der Waals surface area contributed by atoms with Crippen molar-refractivity contribution in [2.45, 2.75) is 17.9 Å². The number of allylic oxidation sites excluding steroid dienone is 1. The van der Waals surface area contributed by atoms with Crippen LogP contribution in [0.4, 0.5) is 4.39 Å². The van der Waals surface area contributed by atoms with Crippen molar-refractivity contribution in [3.05, 3.63) is 77.3 Å².